The van der Waals surface area contributed by atoms with Gasteiger partial charge in [0.2, 0.25) is 0 Å². The number of ether oxygens (including phenoxy) is 1. The Morgan fingerprint density at radius 3 is 2.61 bits per heavy atom. The van der Waals surface area contributed by atoms with Gasteiger partial charge in [0.05, 0.1) is 7.11 Å². The zero-order valence-corrected chi connectivity index (χ0v) is 10.6. The van der Waals surface area contributed by atoms with Gasteiger partial charge in [-0.3, -0.25) is 14.4 Å². The summed E-state index contributed by atoms with van der Waals surface area (Å²) in [5.74, 6) is -1.01. The summed E-state index contributed by atoms with van der Waals surface area (Å²) in [4.78, 5) is 38.9. The summed E-state index contributed by atoms with van der Waals surface area (Å²) in [6, 6.07) is 1.06. The molecular weight excluding hydrogens is 236 g/mol. The number of hydrogen-bond acceptors (Lipinski definition) is 4. The fourth-order valence-electron chi connectivity index (χ4n) is 1.43. The molecule has 18 heavy (non-hydrogen) atoms. The topological polar surface area (TPSA) is 79.5 Å². The molecule has 0 aliphatic carbocycles. The lowest BCUT2D eigenvalue weighted by Crippen LogP contribution is -2.42. The number of aromatic amines is 1. The Morgan fingerprint density at radius 2 is 2.11 bits per heavy atom. The van der Waals surface area contributed by atoms with Crippen LogP contribution in [0, 0.1) is 0 Å². The average Bonchev–Trinajstić information content (AvgIpc) is 2.35. The van der Waals surface area contributed by atoms with Gasteiger partial charge in [-0.15, -0.1) is 0 Å². The number of carbonyl (C=O) groups excluding carboxylic acids is 2. The molecule has 0 saturated heterocycles. The molecule has 0 unspecified atom stereocenters. The van der Waals surface area contributed by atoms with Crippen molar-refractivity contribution in [2.24, 2.45) is 0 Å². The van der Waals surface area contributed by atoms with Crippen LogP contribution in [0.3, 0.4) is 0 Å². The summed E-state index contributed by atoms with van der Waals surface area (Å²) in [6.45, 7) is 3.34. The fraction of sp³-hybridized carbons (Fsp3) is 0.417. The van der Waals surface area contributed by atoms with Gasteiger partial charge >= 0.3 is 5.97 Å². The van der Waals surface area contributed by atoms with Crippen molar-refractivity contribution < 1.29 is 14.3 Å². The molecule has 0 aromatic carbocycles. The molecule has 1 heterocycles. The van der Waals surface area contributed by atoms with Crippen molar-refractivity contribution in [2.45, 2.75) is 19.9 Å². The number of methoxy groups -OCH3 is 1. The van der Waals surface area contributed by atoms with Crippen LogP contribution in [0.4, 0.5) is 0 Å². The number of carbonyl (C=O) groups is 2. The van der Waals surface area contributed by atoms with Crippen molar-refractivity contribution in [1.29, 1.82) is 0 Å². The number of nitrogens with one attached hydrogen (secondary N) is 1. The van der Waals surface area contributed by atoms with E-state index in [1.165, 1.54) is 30.5 Å². The highest BCUT2D eigenvalue weighted by atomic mass is 16.5. The van der Waals surface area contributed by atoms with Crippen LogP contribution in [-0.2, 0) is 9.53 Å². The molecule has 6 nitrogen and oxygen atoms in total. The molecule has 0 aliphatic heterocycles. The van der Waals surface area contributed by atoms with Gasteiger partial charge < -0.3 is 14.6 Å². The zero-order valence-electron chi connectivity index (χ0n) is 10.6. The van der Waals surface area contributed by atoms with Crippen molar-refractivity contribution in [1.82, 2.24) is 9.88 Å². The van der Waals surface area contributed by atoms with Gasteiger partial charge in [0, 0.05) is 24.5 Å². The molecule has 1 rings (SSSR count). The van der Waals surface area contributed by atoms with Gasteiger partial charge in [-0.1, -0.05) is 0 Å². The predicted octanol–water partition coefficient (Wildman–Crippen LogP) is 0.398. The summed E-state index contributed by atoms with van der Waals surface area (Å²) in [5, 5.41) is 0. The number of aromatic nitrogens is 1. The molecule has 0 aliphatic rings. The molecular formula is C12H16N2O4. The summed E-state index contributed by atoms with van der Waals surface area (Å²) in [7, 11) is 1.25. The molecule has 0 radical (unpaired) electrons. The Labute approximate surface area is 105 Å². The number of amides is 1. The van der Waals surface area contributed by atoms with E-state index >= 15 is 0 Å². The molecule has 0 fully saturated rings. The van der Waals surface area contributed by atoms with Crippen LogP contribution < -0.4 is 5.43 Å². The third kappa shape index (κ3) is 3.19. The number of rotatable bonds is 4. The second kappa shape index (κ2) is 6.00. The molecule has 1 aromatic heterocycles. The molecule has 0 bridgehead atoms. The zero-order chi connectivity index (χ0) is 13.7. The highest BCUT2D eigenvalue weighted by Crippen LogP contribution is 2.04. The average molecular weight is 252 g/mol. The van der Waals surface area contributed by atoms with E-state index in [1.54, 1.807) is 13.8 Å². The predicted molar refractivity (Wildman–Crippen MR) is 65.3 cm³/mol. The molecule has 1 aromatic rings. The Kier molecular flexibility index (Phi) is 4.65. The first-order valence-corrected chi connectivity index (χ1v) is 5.52. The molecule has 0 atom stereocenters. The lowest BCUT2D eigenvalue weighted by Gasteiger charge is -2.25. The van der Waals surface area contributed by atoms with E-state index < -0.39 is 11.9 Å². The van der Waals surface area contributed by atoms with Gasteiger partial charge in [0.25, 0.3) is 5.91 Å². The molecule has 1 N–H and O–H groups in total. The molecule has 0 spiro atoms. The number of H-pyrrole nitrogens is 1. The maximum atomic E-state index is 12.2. The van der Waals surface area contributed by atoms with Crippen LogP contribution in [0.1, 0.15) is 24.2 Å². The molecule has 98 valence electrons. The normalized spacial score (nSPS) is 10.2. The van der Waals surface area contributed by atoms with E-state index in [2.05, 4.69) is 9.72 Å². The summed E-state index contributed by atoms with van der Waals surface area (Å²) in [6.07, 6.45) is 2.77. The van der Waals surface area contributed by atoms with E-state index in [0.717, 1.165) is 0 Å². The third-order valence-electron chi connectivity index (χ3n) is 2.47. The summed E-state index contributed by atoms with van der Waals surface area (Å²) >= 11 is 0. The number of hydrogen-bond donors (Lipinski definition) is 1. The Bertz CT molecular complexity index is 493. The quantitative estimate of drug-likeness (QED) is 0.786. The Hall–Kier alpha value is -2.11. The number of pyridine rings is 1. The van der Waals surface area contributed by atoms with Crippen LogP contribution in [-0.4, -0.2) is 41.5 Å². The van der Waals surface area contributed by atoms with Gasteiger partial charge in [0.1, 0.15) is 12.1 Å². The first-order valence-electron chi connectivity index (χ1n) is 5.52. The van der Waals surface area contributed by atoms with E-state index in [4.69, 9.17) is 0 Å². The minimum Gasteiger partial charge on any atom is -0.468 e. The van der Waals surface area contributed by atoms with E-state index in [0.29, 0.717) is 0 Å². The first-order chi connectivity index (χ1) is 8.47. The maximum Gasteiger partial charge on any atom is 0.325 e. The fourth-order valence-corrected chi connectivity index (χ4v) is 1.43. The van der Waals surface area contributed by atoms with Crippen molar-refractivity contribution in [3.8, 4) is 0 Å². The van der Waals surface area contributed by atoms with E-state index in [-0.39, 0.29) is 23.6 Å². The van der Waals surface area contributed by atoms with E-state index in [1.807, 2.05) is 0 Å². The van der Waals surface area contributed by atoms with Gasteiger partial charge in [-0.25, -0.2) is 0 Å². The Morgan fingerprint density at radius 1 is 1.44 bits per heavy atom. The second-order valence-corrected chi connectivity index (χ2v) is 4.03. The summed E-state index contributed by atoms with van der Waals surface area (Å²) < 4.78 is 4.53. The van der Waals surface area contributed by atoms with Crippen LogP contribution in [0.2, 0.25) is 0 Å². The van der Waals surface area contributed by atoms with Crippen LogP contribution >= 0.6 is 0 Å². The lowest BCUT2D eigenvalue weighted by atomic mass is 10.2. The molecule has 0 saturated carbocycles. The monoisotopic (exact) mass is 252 g/mol. The van der Waals surface area contributed by atoms with Crippen LogP contribution in [0.25, 0.3) is 0 Å². The maximum absolute atomic E-state index is 12.2. The van der Waals surface area contributed by atoms with Crippen LogP contribution in [0.5, 0.6) is 0 Å². The van der Waals surface area contributed by atoms with Crippen molar-refractivity contribution >= 4 is 11.9 Å². The van der Waals surface area contributed by atoms with Crippen molar-refractivity contribution in [3.05, 3.63) is 34.2 Å². The van der Waals surface area contributed by atoms with Gasteiger partial charge in [-0.2, -0.15) is 0 Å². The minimum atomic E-state index is -0.524. The van der Waals surface area contributed by atoms with Crippen molar-refractivity contribution in [2.75, 3.05) is 13.7 Å². The van der Waals surface area contributed by atoms with Gasteiger partial charge in [0.15, 0.2) is 5.43 Å². The minimum absolute atomic E-state index is 0.00935. The molecule has 1 amide bonds. The highest BCUT2D eigenvalue weighted by Gasteiger charge is 2.23. The van der Waals surface area contributed by atoms with Gasteiger partial charge in [-0.05, 0) is 13.8 Å². The van der Waals surface area contributed by atoms with E-state index in [9.17, 15) is 14.4 Å². The number of nitrogens with zero attached hydrogens (tertiary/aromatic N) is 1. The second-order valence-electron chi connectivity index (χ2n) is 4.03. The Balaban J connectivity index is 3.01. The van der Waals surface area contributed by atoms with Crippen molar-refractivity contribution in [3.63, 3.8) is 0 Å². The third-order valence-corrected chi connectivity index (χ3v) is 2.47. The molecule has 6 heteroatoms. The standard InChI is InChI=1S/C12H16N2O4/c1-8(2)14(7-11(16)18-3)12(17)9-6-13-5-4-10(9)15/h4-6,8H,7H2,1-3H3,(H,13,15). The largest absolute Gasteiger partial charge is 0.468 e. The summed E-state index contributed by atoms with van der Waals surface area (Å²) in [5.41, 5.74) is -0.371. The first kappa shape index (κ1) is 14.0. The smallest absolute Gasteiger partial charge is 0.325 e. The lowest BCUT2D eigenvalue weighted by molar-refractivity contribution is -0.141. The van der Waals surface area contributed by atoms with Crippen LogP contribution in [0.15, 0.2) is 23.3 Å². The highest BCUT2D eigenvalue weighted by molar-refractivity contribution is 5.95. The SMILES string of the molecule is COC(=O)CN(C(=O)c1c[nH]ccc1=O)C(C)C. The number of esters is 1.